The maximum Gasteiger partial charge on any atom is 0.193 e. The molecule has 0 bridgehead atoms. The Hall–Kier alpha value is 0. The second-order valence-corrected chi connectivity index (χ2v) is 6.30. The molecule has 3 nitrogen and oxygen atoms in total. The van der Waals surface area contributed by atoms with E-state index in [1.54, 1.807) is 0 Å². The highest BCUT2D eigenvalue weighted by atomic mass is 127. The van der Waals surface area contributed by atoms with Gasteiger partial charge in [-0.2, -0.15) is 0 Å². The molecule has 0 aromatic carbocycles. The highest BCUT2D eigenvalue weighted by Crippen LogP contribution is 2.32. The summed E-state index contributed by atoms with van der Waals surface area (Å²) in [6.45, 7) is 11.1. The number of guanidine groups is 1. The van der Waals surface area contributed by atoms with E-state index in [9.17, 15) is 0 Å². The summed E-state index contributed by atoms with van der Waals surface area (Å²) in [5, 5.41) is 3.43. The summed E-state index contributed by atoms with van der Waals surface area (Å²) in [5.41, 5.74) is 0.451. The fraction of sp³-hybridized carbons (Fsp3) is 0.929. The van der Waals surface area contributed by atoms with Crippen LogP contribution < -0.4 is 5.32 Å². The van der Waals surface area contributed by atoms with Crippen molar-refractivity contribution in [3.05, 3.63) is 0 Å². The molecule has 106 valence electrons. The number of rotatable bonds is 4. The molecule has 0 spiro atoms. The molecule has 1 heterocycles. The highest BCUT2D eigenvalue weighted by molar-refractivity contribution is 14.0. The van der Waals surface area contributed by atoms with Crippen molar-refractivity contribution in [3.63, 3.8) is 0 Å². The van der Waals surface area contributed by atoms with E-state index in [1.165, 1.54) is 25.7 Å². The molecule has 0 unspecified atom stereocenters. The molecule has 0 amide bonds. The molecule has 18 heavy (non-hydrogen) atoms. The Bertz CT molecular complexity index is 285. The number of hydrogen-bond donors (Lipinski definition) is 1. The zero-order chi connectivity index (χ0) is 12.3. The van der Waals surface area contributed by atoms with Gasteiger partial charge in [-0.05, 0) is 31.1 Å². The maximum absolute atomic E-state index is 4.77. The van der Waals surface area contributed by atoms with Crippen LogP contribution >= 0.6 is 24.0 Å². The van der Waals surface area contributed by atoms with Crippen molar-refractivity contribution in [2.24, 2.45) is 16.3 Å². The second-order valence-electron chi connectivity index (χ2n) is 6.30. The van der Waals surface area contributed by atoms with Crippen LogP contribution in [-0.4, -0.2) is 37.0 Å². The smallest absolute Gasteiger partial charge is 0.193 e. The molecular weight excluding hydrogens is 337 g/mol. The number of hydrogen-bond acceptors (Lipinski definition) is 1. The predicted molar refractivity (Wildman–Crippen MR) is 88.7 cm³/mol. The highest BCUT2D eigenvalue weighted by Gasteiger charge is 2.30. The lowest BCUT2D eigenvalue weighted by Crippen LogP contribution is -2.40. The molecule has 1 saturated heterocycles. The van der Waals surface area contributed by atoms with Gasteiger partial charge < -0.3 is 10.2 Å². The van der Waals surface area contributed by atoms with Gasteiger partial charge in [0.25, 0.3) is 0 Å². The van der Waals surface area contributed by atoms with Crippen LogP contribution in [0.15, 0.2) is 4.99 Å². The van der Waals surface area contributed by atoms with Crippen molar-refractivity contribution >= 4 is 29.9 Å². The number of nitrogens with one attached hydrogen (secondary N) is 1. The lowest BCUT2D eigenvalue weighted by molar-refractivity contribution is 0.370. The van der Waals surface area contributed by atoms with Gasteiger partial charge in [-0.15, -0.1) is 24.0 Å². The Labute approximate surface area is 129 Å². The van der Waals surface area contributed by atoms with E-state index in [0.717, 1.165) is 38.1 Å². The molecule has 1 aliphatic heterocycles. The normalized spacial score (nSPS) is 22.8. The number of halogens is 1. The minimum atomic E-state index is 0. The van der Waals surface area contributed by atoms with Gasteiger partial charge >= 0.3 is 0 Å². The number of aliphatic imine (C=N–C) groups is 1. The Kier molecular flexibility index (Phi) is 6.21. The first-order valence-electron chi connectivity index (χ1n) is 7.14. The SMILES string of the molecule is CCNC(=NCCC1CC1)N1CCC(C)(C)C1.I. The molecule has 4 heteroatoms. The molecule has 0 atom stereocenters. The summed E-state index contributed by atoms with van der Waals surface area (Å²) in [6, 6.07) is 0. The Morgan fingerprint density at radius 2 is 2.11 bits per heavy atom. The first kappa shape index (κ1) is 16.1. The van der Waals surface area contributed by atoms with E-state index in [-0.39, 0.29) is 24.0 Å². The first-order valence-corrected chi connectivity index (χ1v) is 7.14. The Morgan fingerprint density at radius 3 is 2.61 bits per heavy atom. The molecule has 2 fully saturated rings. The summed E-state index contributed by atoms with van der Waals surface area (Å²) >= 11 is 0. The van der Waals surface area contributed by atoms with Gasteiger partial charge in [0, 0.05) is 26.2 Å². The molecule has 0 aromatic heterocycles. The van der Waals surface area contributed by atoms with Gasteiger partial charge in [-0.3, -0.25) is 4.99 Å². The summed E-state index contributed by atoms with van der Waals surface area (Å²) in [5.74, 6) is 2.12. The van der Waals surface area contributed by atoms with Crippen molar-refractivity contribution in [3.8, 4) is 0 Å². The van der Waals surface area contributed by atoms with Crippen molar-refractivity contribution in [2.75, 3.05) is 26.2 Å². The first-order chi connectivity index (χ1) is 8.11. The van der Waals surface area contributed by atoms with Crippen molar-refractivity contribution in [1.29, 1.82) is 0 Å². The predicted octanol–water partition coefficient (Wildman–Crippen LogP) is 3.10. The minimum Gasteiger partial charge on any atom is -0.357 e. The largest absolute Gasteiger partial charge is 0.357 e. The fourth-order valence-electron chi connectivity index (χ4n) is 2.48. The molecular formula is C14H28IN3. The van der Waals surface area contributed by atoms with Gasteiger partial charge in [0.15, 0.2) is 5.96 Å². The molecule has 1 N–H and O–H groups in total. The molecule has 0 aromatic rings. The Balaban J connectivity index is 0.00000162. The third kappa shape index (κ3) is 4.94. The summed E-state index contributed by atoms with van der Waals surface area (Å²) in [6.07, 6.45) is 5.43. The van der Waals surface area contributed by atoms with Crippen molar-refractivity contribution < 1.29 is 0 Å². The summed E-state index contributed by atoms with van der Waals surface area (Å²) in [7, 11) is 0. The molecule has 0 radical (unpaired) electrons. The van der Waals surface area contributed by atoms with Crippen LogP contribution in [0.2, 0.25) is 0 Å². The Morgan fingerprint density at radius 1 is 1.39 bits per heavy atom. The van der Waals surface area contributed by atoms with E-state index >= 15 is 0 Å². The van der Waals surface area contributed by atoms with Crippen LogP contribution in [-0.2, 0) is 0 Å². The third-order valence-corrected chi connectivity index (χ3v) is 3.81. The molecule has 1 aliphatic carbocycles. The van der Waals surface area contributed by atoms with Crippen molar-refractivity contribution in [1.82, 2.24) is 10.2 Å². The van der Waals surface area contributed by atoms with Crippen LogP contribution in [0, 0.1) is 11.3 Å². The van der Waals surface area contributed by atoms with Gasteiger partial charge in [0.05, 0.1) is 0 Å². The van der Waals surface area contributed by atoms with Crippen LogP contribution in [0.1, 0.15) is 46.5 Å². The van der Waals surface area contributed by atoms with Crippen molar-refractivity contribution in [2.45, 2.75) is 46.5 Å². The van der Waals surface area contributed by atoms with Gasteiger partial charge in [0.1, 0.15) is 0 Å². The lowest BCUT2D eigenvalue weighted by Gasteiger charge is -2.23. The van der Waals surface area contributed by atoms with E-state index in [0.29, 0.717) is 5.41 Å². The van der Waals surface area contributed by atoms with E-state index in [1.807, 2.05) is 0 Å². The monoisotopic (exact) mass is 365 g/mol. The van der Waals surface area contributed by atoms with Crippen LogP contribution in [0.25, 0.3) is 0 Å². The fourth-order valence-corrected chi connectivity index (χ4v) is 2.48. The number of nitrogens with zero attached hydrogens (tertiary/aromatic N) is 2. The maximum atomic E-state index is 4.77. The topological polar surface area (TPSA) is 27.6 Å². The van der Waals surface area contributed by atoms with Crippen LogP contribution in [0.5, 0.6) is 0 Å². The second kappa shape index (κ2) is 6.96. The summed E-state index contributed by atoms with van der Waals surface area (Å²) < 4.78 is 0. The zero-order valence-electron chi connectivity index (χ0n) is 12.0. The average molecular weight is 365 g/mol. The van der Waals surface area contributed by atoms with E-state index in [2.05, 4.69) is 31.0 Å². The average Bonchev–Trinajstić information content (AvgIpc) is 3.01. The standard InChI is InChI=1S/C14H27N3.HI/c1-4-15-13(16-9-7-12-5-6-12)17-10-8-14(2,3)11-17;/h12H,4-11H2,1-3H3,(H,15,16);1H. The number of likely N-dealkylation sites (tertiary alicyclic amines) is 1. The molecule has 2 rings (SSSR count). The zero-order valence-corrected chi connectivity index (χ0v) is 14.4. The van der Waals surface area contributed by atoms with Gasteiger partial charge in [-0.25, -0.2) is 0 Å². The minimum absolute atomic E-state index is 0. The van der Waals surface area contributed by atoms with Gasteiger partial charge in [0.2, 0.25) is 0 Å². The van der Waals surface area contributed by atoms with E-state index in [4.69, 9.17) is 4.99 Å². The molecule has 2 aliphatic rings. The van der Waals surface area contributed by atoms with Crippen LogP contribution in [0.3, 0.4) is 0 Å². The van der Waals surface area contributed by atoms with Gasteiger partial charge in [-0.1, -0.05) is 26.7 Å². The lowest BCUT2D eigenvalue weighted by atomic mass is 9.93. The molecule has 1 saturated carbocycles. The summed E-state index contributed by atoms with van der Waals surface area (Å²) in [4.78, 5) is 7.20. The van der Waals surface area contributed by atoms with E-state index < -0.39 is 0 Å². The van der Waals surface area contributed by atoms with Crippen LogP contribution in [0.4, 0.5) is 0 Å². The quantitative estimate of drug-likeness (QED) is 0.471. The third-order valence-electron chi connectivity index (χ3n) is 3.81.